The lowest BCUT2D eigenvalue weighted by Crippen LogP contribution is -2.08. The number of allylic oxidation sites excluding steroid dienone is 1. The van der Waals surface area contributed by atoms with Crippen LogP contribution in [0.15, 0.2) is 78.9 Å². The minimum atomic E-state index is -0.348. The van der Waals surface area contributed by atoms with Gasteiger partial charge in [-0.2, -0.15) is 0 Å². The van der Waals surface area contributed by atoms with Gasteiger partial charge in [0, 0.05) is 0 Å². The van der Waals surface area contributed by atoms with Gasteiger partial charge in [0.25, 0.3) is 0 Å². The summed E-state index contributed by atoms with van der Waals surface area (Å²) in [7, 11) is 0. The molecule has 0 aliphatic rings. The molecule has 2 nitrogen and oxygen atoms in total. The number of carbonyl (C=O) groups is 1. The molecule has 0 fully saturated rings. The average Bonchev–Trinajstić information content (AvgIpc) is 2.69. The maximum Gasteiger partial charge on any atom is 0.343 e. The van der Waals surface area contributed by atoms with Gasteiger partial charge in [-0.3, -0.25) is 0 Å². The van der Waals surface area contributed by atoms with Gasteiger partial charge in [0.05, 0.1) is 5.56 Å². The normalized spacial score (nSPS) is 11.5. The zero-order valence-corrected chi connectivity index (χ0v) is 16.7. The Balaban J connectivity index is 1.68. The Morgan fingerprint density at radius 3 is 2.07 bits per heavy atom. The number of para-hydroxylation sites is 1. The highest BCUT2D eigenvalue weighted by Gasteiger charge is 2.08. The average molecular weight is 370 g/mol. The Morgan fingerprint density at radius 1 is 0.857 bits per heavy atom. The Labute approximate surface area is 167 Å². The van der Waals surface area contributed by atoms with Crippen molar-refractivity contribution >= 4 is 17.6 Å². The van der Waals surface area contributed by atoms with Crippen molar-refractivity contribution < 1.29 is 9.53 Å². The van der Waals surface area contributed by atoms with E-state index < -0.39 is 0 Å². The molecule has 0 aromatic heterocycles. The van der Waals surface area contributed by atoms with Crippen LogP contribution in [0.5, 0.6) is 5.75 Å². The van der Waals surface area contributed by atoms with E-state index in [0.717, 1.165) is 12.0 Å². The maximum atomic E-state index is 12.2. The van der Waals surface area contributed by atoms with Crippen molar-refractivity contribution in [2.75, 3.05) is 0 Å². The summed E-state index contributed by atoms with van der Waals surface area (Å²) in [6.45, 7) is 6.58. The minimum Gasteiger partial charge on any atom is -0.423 e. The molecule has 2 heteroatoms. The molecule has 142 valence electrons. The molecule has 0 amide bonds. The van der Waals surface area contributed by atoms with Gasteiger partial charge in [-0.1, -0.05) is 74.5 Å². The Morgan fingerprint density at radius 2 is 1.46 bits per heavy atom. The third-order valence-corrected chi connectivity index (χ3v) is 4.54. The van der Waals surface area contributed by atoms with Crippen LogP contribution < -0.4 is 4.74 Å². The van der Waals surface area contributed by atoms with Crippen LogP contribution >= 0.6 is 0 Å². The predicted molar refractivity (Wildman–Crippen MR) is 116 cm³/mol. The second-order valence-corrected chi connectivity index (χ2v) is 7.45. The quantitative estimate of drug-likeness (QED) is 0.275. The molecule has 0 spiro atoms. The number of ether oxygens (including phenoxy) is 1. The first-order valence-corrected chi connectivity index (χ1v) is 9.66. The number of hydrogen-bond donors (Lipinski definition) is 0. The first-order chi connectivity index (χ1) is 13.5. The summed E-state index contributed by atoms with van der Waals surface area (Å²) >= 11 is 0. The topological polar surface area (TPSA) is 26.3 Å². The van der Waals surface area contributed by atoms with Crippen molar-refractivity contribution in [1.29, 1.82) is 0 Å². The number of rotatable bonds is 6. The van der Waals surface area contributed by atoms with Gasteiger partial charge < -0.3 is 4.74 Å². The largest absolute Gasteiger partial charge is 0.423 e. The lowest BCUT2D eigenvalue weighted by atomic mass is 9.98. The van der Waals surface area contributed by atoms with Crippen LogP contribution in [0.1, 0.15) is 47.8 Å². The van der Waals surface area contributed by atoms with Crippen molar-refractivity contribution in [3.63, 3.8) is 0 Å². The molecule has 0 radical (unpaired) electrons. The second-order valence-electron chi connectivity index (χ2n) is 7.45. The van der Waals surface area contributed by atoms with Gasteiger partial charge in [0.15, 0.2) is 0 Å². The summed E-state index contributed by atoms with van der Waals surface area (Å²) in [6, 6.07) is 25.4. The summed E-state index contributed by atoms with van der Waals surface area (Å²) in [4.78, 5) is 12.2. The number of esters is 1. The van der Waals surface area contributed by atoms with E-state index in [1.165, 1.54) is 16.7 Å². The lowest BCUT2D eigenvalue weighted by Gasteiger charge is -2.07. The monoisotopic (exact) mass is 370 g/mol. The highest BCUT2D eigenvalue weighted by molar-refractivity contribution is 5.91. The Kier molecular flexibility index (Phi) is 6.44. The van der Waals surface area contributed by atoms with Crippen LogP contribution in [0, 0.1) is 5.92 Å². The molecular weight excluding hydrogens is 344 g/mol. The molecule has 0 aliphatic heterocycles. The molecule has 0 saturated heterocycles. The summed E-state index contributed by atoms with van der Waals surface area (Å²) in [5.74, 6) is 0.863. The standard InChI is InChI=1S/C26H26O2/c1-19(2)17-21-9-13-23(14-10-21)20(3)18-22-11-15-24(16-12-22)26(27)28-25-7-5-4-6-8-25/h4-16,18-19H,17H2,1-3H3/b20-18+. The molecule has 0 atom stereocenters. The van der Waals surface area contributed by atoms with E-state index in [1.807, 2.05) is 30.3 Å². The van der Waals surface area contributed by atoms with E-state index in [1.54, 1.807) is 24.3 Å². The minimum absolute atomic E-state index is 0.348. The number of hydrogen-bond acceptors (Lipinski definition) is 2. The summed E-state index contributed by atoms with van der Waals surface area (Å²) < 4.78 is 5.37. The third-order valence-electron chi connectivity index (χ3n) is 4.54. The summed E-state index contributed by atoms with van der Waals surface area (Å²) in [5, 5.41) is 0. The van der Waals surface area contributed by atoms with Crippen LogP contribution in [-0.2, 0) is 6.42 Å². The first-order valence-electron chi connectivity index (χ1n) is 9.66. The third kappa shape index (κ3) is 5.43. The second kappa shape index (κ2) is 9.18. The Hall–Kier alpha value is -3.13. The van der Waals surface area contributed by atoms with E-state index in [0.29, 0.717) is 17.2 Å². The van der Waals surface area contributed by atoms with Gasteiger partial charge >= 0.3 is 5.97 Å². The highest BCUT2D eigenvalue weighted by Crippen LogP contribution is 2.20. The van der Waals surface area contributed by atoms with Gasteiger partial charge in [-0.25, -0.2) is 4.79 Å². The molecule has 0 unspecified atom stereocenters. The SMILES string of the molecule is C/C(=C\c1ccc(C(=O)Oc2ccccc2)cc1)c1ccc(CC(C)C)cc1. The van der Waals surface area contributed by atoms with Crippen LogP contribution in [-0.4, -0.2) is 5.97 Å². The molecule has 0 bridgehead atoms. The molecule has 0 N–H and O–H groups in total. The fraction of sp³-hybridized carbons (Fsp3) is 0.192. The van der Waals surface area contributed by atoms with Crippen LogP contribution in [0.25, 0.3) is 11.6 Å². The fourth-order valence-electron chi connectivity index (χ4n) is 3.08. The molecule has 28 heavy (non-hydrogen) atoms. The van der Waals surface area contributed by atoms with Crippen LogP contribution in [0.3, 0.4) is 0 Å². The fourth-order valence-corrected chi connectivity index (χ4v) is 3.08. The molecule has 3 aromatic rings. The lowest BCUT2D eigenvalue weighted by molar-refractivity contribution is 0.0735. The van der Waals surface area contributed by atoms with E-state index in [4.69, 9.17) is 4.74 Å². The van der Waals surface area contributed by atoms with Gasteiger partial charge in [-0.15, -0.1) is 0 Å². The first kappa shape index (κ1) is 19.6. The van der Waals surface area contributed by atoms with Crippen molar-refractivity contribution in [2.24, 2.45) is 5.92 Å². The van der Waals surface area contributed by atoms with E-state index in [-0.39, 0.29) is 5.97 Å². The predicted octanol–water partition coefficient (Wildman–Crippen LogP) is 6.66. The molecule has 3 rings (SSSR count). The van der Waals surface area contributed by atoms with Crippen molar-refractivity contribution in [3.8, 4) is 5.75 Å². The Bertz CT molecular complexity index is 934. The van der Waals surface area contributed by atoms with Gasteiger partial charge in [0.1, 0.15) is 5.75 Å². The van der Waals surface area contributed by atoms with Crippen molar-refractivity contribution in [2.45, 2.75) is 27.2 Å². The smallest absolute Gasteiger partial charge is 0.343 e. The van der Waals surface area contributed by atoms with E-state index in [2.05, 4.69) is 51.1 Å². The molecular formula is C26H26O2. The summed E-state index contributed by atoms with van der Waals surface area (Å²) in [5.41, 5.74) is 5.36. The van der Waals surface area contributed by atoms with Crippen LogP contribution in [0.4, 0.5) is 0 Å². The van der Waals surface area contributed by atoms with Crippen LogP contribution in [0.2, 0.25) is 0 Å². The molecule has 0 aliphatic carbocycles. The van der Waals surface area contributed by atoms with Gasteiger partial charge in [0.2, 0.25) is 0 Å². The zero-order valence-electron chi connectivity index (χ0n) is 16.7. The van der Waals surface area contributed by atoms with Crippen molar-refractivity contribution in [1.82, 2.24) is 0 Å². The van der Waals surface area contributed by atoms with E-state index in [9.17, 15) is 4.79 Å². The molecule has 0 saturated carbocycles. The van der Waals surface area contributed by atoms with Gasteiger partial charge in [-0.05, 0) is 65.8 Å². The number of benzene rings is 3. The highest BCUT2D eigenvalue weighted by atomic mass is 16.5. The van der Waals surface area contributed by atoms with Crippen molar-refractivity contribution in [3.05, 3.63) is 101 Å². The summed E-state index contributed by atoms with van der Waals surface area (Å²) in [6.07, 6.45) is 3.23. The zero-order chi connectivity index (χ0) is 19.9. The number of carbonyl (C=O) groups excluding carboxylic acids is 1. The maximum absolute atomic E-state index is 12.2. The molecule has 0 heterocycles. The molecule has 3 aromatic carbocycles. The van der Waals surface area contributed by atoms with E-state index >= 15 is 0 Å².